The second-order valence-corrected chi connectivity index (χ2v) is 4.13. The van der Waals surface area contributed by atoms with Gasteiger partial charge in [-0.25, -0.2) is 0 Å². The molecule has 0 fully saturated rings. The number of aryl methyl sites for hydroxylation is 1. The Morgan fingerprint density at radius 2 is 2.12 bits per heavy atom. The molecule has 1 atom stereocenters. The first-order valence-electron chi connectivity index (χ1n) is 5.01. The van der Waals surface area contributed by atoms with Crippen LogP contribution in [0, 0.1) is 6.92 Å². The molecule has 1 amide bonds. The lowest BCUT2D eigenvalue weighted by molar-refractivity contribution is -0.154. The van der Waals surface area contributed by atoms with E-state index in [2.05, 4.69) is 0 Å². The molecule has 0 N–H and O–H groups in total. The summed E-state index contributed by atoms with van der Waals surface area (Å²) in [6, 6.07) is 5.66. The van der Waals surface area contributed by atoms with E-state index < -0.39 is 5.60 Å². The zero-order valence-corrected chi connectivity index (χ0v) is 9.48. The Hall–Kier alpha value is -1.84. The number of carbonyl (C=O) groups excluding carboxylic acids is 2. The first-order chi connectivity index (χ1) is 7.50. The topological polar surface area (TPSA) is 46.6 Å². The van der Waals surface area contributed by atoms with Gasteiger partial charge in [-0.15, -0.1) is 0 Å². The monoisotopic (exact) mass is 219 g/mol. The lowest BCUT2D eigenvalue weighted by Gasteiger charge is -2.20. The van der Waals surface area contributed by atoms with E-state index in [0.29, 0.717) is 6.47 Å². The summed E-state index contributed by atoms with van der Waals surface area (Å²) in [6.07, 6.45) is 0. The normalized spacial score (nSPS) is 23.2. The number of hydrogen-bond donors (Lipinski definition) is 0. The molecule has 0 aliphatic carbocycles. The molecule has 16 heavy (non-hydrogen) atoms. The molecular weight excluding hydrogens is 206 g/mol. The fourth-order valence-corrected chi connectivity index (χ4v) is 2.08. The summed E-state index contributed by atoms with van der Waals surface area (Å²) < 4.78 is 4.98. The number of rotatable bonds is 2. The number of carbonyl (C=O) groups is 2. The van der Waals surface area contributed by atoms with Crippen LogP contribution in [0.5, 0.6) is 0 Å². The van der Waals surface area contributed by atoms with Crippen LogP contribution < -0.4 is 4.90 Å². The average Bonchev–Trinajstić information content (AvgIpc) is 2.42. The summed E-state index contributed by atoms with van der Waals surface area (Å²) in [5.41, 5.74) is 1.38. The SMILES string of the molecule is Cc1ccc2c(c1)[C@@](C)(OC=O)C(=O)N2C. The van der Waals surface area contributed by atoms with Crippen LogP contribution in [-0.2, 0) is 19.9 Å². The van der Waals surface area contributed by atoms with E-state index in [-0.39, 0.29) is 5.91 Å². The lowest BCUT2D eigenvalue weighted by Crippen LogP contribution is -2.38. The van der Waals surface area contributed by atoms with Crippen LogP contribution in [0.4, 0.5) is 5.69 Å². The van der Waals surface area contributed by atoms with Crippen LogP contribution in [0.25, 0.3) is 0 Å². The molecule has 1 aromatic carbocycles. The maximum Gasteiger partial charge on any atom is 0.294 e. The molecule has 1 aromatic rings. The highest BCUT2D eigenvalue weighted by molar-refractivity contribution is 6.06. The molecule has 1 aliphatic heterocycles. The fraction of sp³-hybridized carbons (Fsp3) is 0.333. The molecule has 4 heteroatoms. The van der Waals surface area contributed by atoms with Crippen molar-refractivity contribution in [2.45, 2.75) is 19.4 Å². The highest BCUT2D eigenvalue weighted by Gasteiger charge is 2.48. The van der Waals surface area contributed by atoms with Gasteiger partial charge in [-0.2, -0.15) is 0 Å². The van der Waals surface area contributed by atoms with E-state index in [9.17, 15) is 9.59 Å². The molecule has 2 rings (SSSR count). The minimum absolute atomic E-state index is 0.222. The van der Waals surface area contributed by atoms with E-state index >= 15 is 0 Å². The van der Waals surface area contributed by atoms with Gasteiger partial charge in [-0.1, -0.05) is 11.6 Å². The van der Waals surface area contributed by atoms with E-state index in [1.807, 2.05) is 25.1 Å². The highest BCUT2D eigenvalue weighted by atomic mass is 16.5. The molecule has 0 saturated carbocycles. The first kappa shape index (κ1) is 10.7. The second-order valence-electron chi connectivity index (χ2n) is 4.13. The molecule has 4 nitrogen and oxygen atoms in total. The summed E-state index contributed by atoms with van der Waals surface area (Å²) in [5.74, 6) is -0.222. The second kappa shape index (κ2) is 3.33. The number of likely N-dealkylation sites (N-methyl/N-ethyl adjacent to an activating group) is 1. The molecule has 1 aliphatic rings. The zero-order valence-electron chi connectivity index (χ0n) is 9.48. The summed E-state index contributed by atoms with van der Waals surface area (Å²) in [5, 5.41) is 0. The Labute approximate surface area is 93.8 Å². The molecule has 0 radical (unpaired) electrons. The third-order valence-corrected chi connectivity index (χ3v) is 3.02. The van der Waals surface area contributed by atoms with Crippen LogP contribution in [0.3, 0.4) is 0 Å². The molecule has 84 valence electrons. The summed E-state index contributed by atoms with van der Waals surface area (Å²) >= 11 is 0. The van der Waals surface area contributed by atoms with Gasteiger partial charge < -0.3 is 9.64 Å². The van der Waals surface area contributed by atoms with Gasteiger partial charge in [0.25, 0.3) is 12.4 Å². The standard InChI is InChI=1S/C12H13NO3/c1-8-4-5-10-9(6-8)12(2,16-7-14)11(15)13(10)3/h4-7H,1-3H3/t12-/m1/s1. The van der Waals surface area contributed by atoms with Crippen LogP contribution in [0.1, 0.15) is 18.1 Å². The van der Waals surface area contributed by atoms with Gasteiger partial charge in [0.05, 0.1) is 5.69 Å². The molecule has 0 saturated heterocycles. The van der Waals surface area contributed by atoms with Crippen LogP contribution in [0.2, 0.25) is 0 Å². The van der Waals surface area contributed by atoms with Crippen molar-refractivity contribution in [2.24, 2.45) is 0 Å². The number of benzene rings is 1. The zero-order chi connectivity index (χ0) is 11.9. The Balaban J connectivity index is 2.63. The van der Waals surface area contributed by atoms with E-state index in [4.69, 9.17) is 4.74 Å². The van der Waals surface area contributed by atoms with Crippen LogP contribution in [0.15, 0.2) is 18.2 Å². The van der Waals surface area contributed by atoms with Crippen molar-refractivity contribution in [3.8, 4) is 0 Å². The van der Waals surface area contributed by atoms with Gasteiger partial charge in [-0.05, 0) is 26.0 Å². The Morgan fingerprint density at radius 1 is 1.44 bits per heavy atom. The van der Waals surface area contributed by atoms with Crippen LogP contribution in [-0.4, -0.2) is 19.4 Å². The Kier molecular flexibility index (Phi) is 2.22. The first-order valence-corrected chi connectivity index (χ1v) is 5.01. The maximum atomic E-state index is 12.0. The fourth-order valence-electron chi connectivity index (χ4n) is 2.08. The van der Waals surface area contributed by atoms with E-state index in [1.54, 1.807) is 14.0 Å². The van der Waals surface area contributed by atoms with E-state index in [0.717, 1.165) is 16.8 Å². The molecule has 0 bridgehead atoms. The minimum atomic E-state index is -1.18. The summed E-state index contributed by atoms with van der Waals surface area (Å²) in [7, 11) is 1.68. The smallest absolute Gasteiger partial charge is 0.294 e. The number of nitrogens with zero attached hydrogens (tertiary/aromatic N) is 1. The van der Waals surface area contributed by atoms with Crippen molar-refractivity contribution in [2.75, 3.05) is 11.9 Å². The summed E-state index contributed by atoms with van der Waals surface area (Å²) in [4.78, 5) is 24.1. The van der Waals surface area contributed by atoms with Gasteiger partial charge in [0.15, 0.2) is 0 Å². The Bertz CT molecular complexity index is 469. The van der Waals surface area contributed by atoms with Gasteiger partial charge >= 0.3 is 0 Å². The van der Waals surface area contributed by atoms with Gasteiger partial charge in [-0.3, -0.25) is 9.59 Å². The van der Waals surface area contributed by atoms with Crippen molar-refractivity contribution in [3.05, 3.63) is 29.3 Å². The van der Waals surface area contributed by atoms with Crippen LogP contribution >= 0.6 is 0 Å². The third-order valence-electron chi connectivity index (χ3n) is 3.02. The largest absolute Gasteiger partial charge is 0.446 e. The molecule has 1 heterocycles. The minimum Gasteiger partial charge on any atom is -0.446 e. The lowest BCUT2D eigenvalue weighted by atomic mass is 9.96. The van der Waals surface area contributed by atoms with Gasteiger partial charge in [0, 0.05) is 12.6 Å². The number of fused-ring (bicyclic) bond motifs is 1. The number of ether oxygens (including phenoxy) is 1. The molecule has 0 unspecified atom stereocenters. The Morgan fingerprint density at radius 3 is 2.75 bits per heavy atom. The predicted molar refractivity (Wildman–Crippen MR) is 59.1 cm³/mol. The quantitative estimate of drug-likeness (QED) is 0.705. The number of anilines is 1. The van der Waals surface area contributed by atoms with Crippen molar-refractivity contribution in [1.29, 1.82) is 0 Å². The van der Waals surface area contributed by atoms with Gasteiger partial charge in [0.1, 0.15) is 0 Å². The molecule has 0 aromatic heterocycles. The van der Waals surface area contributed by atoms with Crippen molar-refractivity contribution in [1.82, 2.24) is 0 Å². The maximum absolute atomic E-state index is 12.0. The van der Waals surface area contributed by atoms with Crippen molar-refractivity contribution >= 4 is 18.1 Å². The number of amides is 1. The summed E-state index contributed by atoms with van der Waals surface area (Å²) in [6.45, 7) is 3.87. The van der Waals surface area contributed by atoms with E-state index in [1.165, 1.54) is 4.90 Å². The molecular formula is C12H13NO3. The molecule has 0 spiro atoms. The van der Waals surface area contributed by atoms with Crippen molar-refractivity contribution < 1.29 is 14.3 Å². The number of hydrogen-bond acceptors (Lipinski definition) is 3. The van der Waals surface area contributed by atoms with Gasteiger partial charge in [0.2, 0.25) is 5.60 Å². The average molecular weight is 219 g/mol. The highest BCUT2D eigenvalue weighted by Crippen LogP contribution is 2.41. The predicted octanol–water partition coefficient (Wildman–Crippen LogP) is 1.36. The van der Waals surface area contributed by atoms with Crippen molar-refractivity contribution in [3.63, 3.8) is 0 Å². The third kappa shape index (κ3) is 1.23.